The van der Waals surface area contributed by atoms with E-state index < -0.39 is 11.7 Å². The Kier molecular flexibility index (Phi) is 2.70. The summed E-state index contributed by atoms with van der Waals surface area (Å²) in [5.41, 5.74) is -0.511. The molecule has 0 heterocycles. The molecule has 0 aromatic heterocycles. The monoisotopic (exact) mass is 187 g/mol. The van der Waals surface area contributed by atoms with E-state index in [-0.39, 0.29) is 12.0 Å². The summed E-state index contributed by atoms with van der Waals surface area (Å²) in [6, 6.07) is 5.29. The lowest BCUT2D eigenvalue weighted by Gasteiger charge is -2.10. The van der Waals surface area contributed by atoms with Crippen molar-refractivity contribution in [1.29, 1.82) is 5.41 Å². The molecule has 0 amide bonds. The molecular weight excluding hydrogens is 179 g/mol. The molecule has 1 aromatic carbocycles. The molecular formula is C9H8F3N. The highest BCUT2D eigenvalue weighted by Gasteiger charge is 2.32. The fraction of sp³-hybridized carbons (Fsp3) is 0.222. The van der Waals surface area contributed by atoms with Crippen LogP contribution in [-0.4, -0.2) is 6.21 Å². The molecule has 0 spiro atoms. The molecule has 1 aromatic rings. The Morgan fingerprint density at radius 3 is 2.38 bits per heavy atom. The van der Waals surface area contributed by atoms with E-state index in [2.05, 4.69) is 0 Å². The van der Waals surface area contributed by atoms with E-state index in [9.17, 15) is 13.2 Å². The standard InChI is InChI=1S/C9H8F3N/c10-9(11,12)8-4-2-1-3-7(8)5-6-13/h1-4,6,13H,5H2. The summed E-state index contributed by atoms with van der Waals surface area (Å²) in [4.78, 5) is 0. The van der Waals surface area contributed by atoms with Crippen LogP contribution in [0.1, 0.15) is 11.1 Å². The van der Waals surface area contributed by atoms with Crippen LogP contribution in [0.2, 0.25) is 0 Å². The topological polar surface area (TPSA) is 23.9 Å². The number of halogens is 3. The van der Waals surface area contributed by atoms with Gasteiger partial charge in [0.25, 0.3) is 0 Å². The minimum atomic E-state index is -4.32. The highest BCUT2D eigenvalue weighted by Crippen LogP contribution is 2.31. The highest BCUT2D eigenvalue weighted by molar-refractivity contribution is 5.59. The summed E-state index contributed by atoms with van der Waals surface area (Å²) in [6.45, 7) is 0. The molecule has 1 rings (SSSR count). The first-order chi connectivity index (χ1) is 6.05. The van der Waals surface area contributed by atoms with Crippen molar-refractivity contribution >= 4 is 6.21 Å². The van der Waals surface area contributed by atoms with Crippen molar-refractivity contribution in [2.75, 3.05) is 0 Å². The van der Waals surface area contributed by atoms with Crippen molar-refractivity contribution in [2.24, 2.45) is 0 Å². The molecule has 0 saturated heterocycles. The van der Waals surface area contributed by atoms with Crippen LogP contribution in [0.4, 0.5) is 13.2 Å². The van der Waals surface area contributed by atoms with Gasteiger partial charge in [0.1, 0.15) is 0 Å². The Morgan fingerprint density at radius 1 is 1.23 bits per heavy atom. The van der Waals surface area contributed by atoms with Crippen LogP contribution in [0.5, 0.6) is 0 Å². The molecule has 0 atom stereocenters. The average molecular weight is 187 g/mol. The van der Waals surface area contributed by atoms with Crippen LogP contribution >= 0.6 is 0 Å². The molecule has 0 radical (unpaired) electrons. The van der Waals surface area contributed by atoms with Crippen molar-refractivity contribution in [1.82, 2.24) is 0 Å². The number of benzene rings is 1. The van der Waals surface area contributed by atoms with Gasteiger partial charge < -0.3 is 5.41 Å². The summed E-state index contributed by atoms with van der Waals surface area (Å²) in [5.74, 6) is 0. The number of hydrogen-bond donors (Lipinski definition) is 1. The summed E-state index contributed by atoms with van der Waals surface area (Å²) in [7, 11) is 0. The van der Waals surface area contributed by atoms with Crippen molar-refractivity contribution in [3.05, 3.63) is 35.4 Å². The van der Waals surface area contributed by atoms with Gasteiger partial charge in [0, 0.05) is 6.42 Å². The zero-order valence-corrected chi connectivity index (χ0v) is 6.73. The lowest BCUT2D eigenvalue weighted by atomic mass is 10.1. The van der Waals surface area contributed by atoms with Gasteiger partial charge in [-0.2, -0.15) is 13.2 Å². The van der Waals surface area contributed by atoms with Crippen LogP contribution in [0.25, 0.3) is 0 Å². The fourth-order valence-corrected chi connectivity index (χ4v) is 1.08. The molecule has 70 valence electrons. The number of alkyl halides is 3. The van der Waals surface area contributed by atoms with Gasteiger partial charge in [0.2, 0.25) is 0 Å². The van der Waals surface area contributed by atoms with Crippen molar-refractivity contribution in [2.45, 2.75) is 12.6 Å². The van der Waals surface area contributed by atoms with Crippen LogP contribution in [0.15, 0.2) is 24.3 Å². The summed E-state index contributed by atoms with van der Waals surface area (Å²) in [6.07, 6.45) is -3.33. The van der Waals surface area contributed by atoms with Crippen LogP contribution in [0, 0.1) is 5.41 Å². The Bertz CT molecular complexity index is 304. The molecule has 0 fully saturated rings. The van der Waals surface area contributed by atoms with Gasteiger partial charge in [-0.05, 0) is 17.8 Å². The van der Waals surface area contributed by atoms with E-state index >= 15 is 0 Å². The van der Waals surface area contributed by atoms with Crippen molar-refractivity contribution in [3.8, 4) is 0 Å². The normalized spacial score (nSPS) is 11.3. The van der Waals surface area contributed by atoms with E-state index in [1.165, 1.54) is 18.2 Å². The first-order valence-electron chi connectivity index (χ1n) is 3.69. The first-order valence-corrected chi connectivity index (χ1v) is 3.69. The summed E-state index contributed by atoms with van der Waals surface area (Å²) < 4.78 is 36.9. The van der Waals surface area contributed by atoms with Gasteiger partial charge in [0.15, 0.2) is 0 Å². The highest BCUT2D eigenvalue weighted by atomic mass is 19.4. The molecule has 0 aliphatic heterocycles. The molecule has 0 bridgehead atoms. The SMILES string of the molecule is N=CCc1ccccc1C(F)(F)F. The maximum Gasteiger partial charge on any atom is 0.416 e. The van der Waals surface area contributed by atoms with Crippen molar-refractivity contribution in [3.63, 3.8) is 0 Å². The van der Waals surface area contributed by atoms with Gasteiger partial charge in [-0.15, -0.1) is 0 Å². The minimum absolute atomic E-state index is 0.0235. The smallest absolute Gasteiger partial charge is 0.313 e. The molecule has 0 aliphatic rings. The van der Waals surface area contributed by atoms with E-state index in [1.54, 1.807) is 0 Å². The fourth-order valence-electron chi connectivity index (χ4n) is 1.08. The molecule has 1 N–H and O–H groups in total. The number of nitrogens with one attached hydrogen (secondary N) is 1. The average Bonchev–Trinajstić information content (AvgIpc) is 2.04. The van der Waals surface area contributed by atoms with Crippen LogP contribution in [0.3, 0.4) is 0 Å². The molecule has 0 unspecified atom stereocenters. The number of hydrogen-bond acceptors (Lipinski definition) is 1. The van der Waals surface area contributed by atoms with Crippen LogP contribution in [-0.2, 0) is 12.6 Å². The van der Waals surface area contributed by atoms with Gasteiger partial charge in [-0.25, -0.2) is 0 Å². The third-order valence-corrected chi connectivity index (χ3v) is 1.64. The lowest BCUT2D eigenvalue weighted by molar-refractivity contribution is -0.138. The quantitative estimate of drug-likeness (QED) is 0.688. The van der Waals surface area contributed by atoms with Gasteiger partial charge in [-0.1, -0.05) is 18.2 Å². The predicted molar refractivity (Wildman–Crippen MR) is 43.9 cm³/mol. The van der Waals surface area contributed by atoms with Crippen molar-refractivity contribution < 1.29 is 13.2 Å². The molecule has 0 saturated carbocycles. The lowest BCUT2D eigenvalue weighted by Crippen LogP contribution is -2.09. The zero-order chi connectivity index (χ0) is 9.90. The minimum Gasteiger partial charge on any atom is -0.313 e. The van der Waals surface area contributed by atoms with E-state index in [0.717, 1.165) is 12.3 Å². The Labute approximate surface area is 73.7 Å². The van der Waals surface area contributed by atoms with Gasteiger partial charge in [0.05, 0.1) is 5.56 Å². The number of rotatable bonds is 2. The van der Waals surface area contributed by atoms with E-state index in [4.69, 9.17) is 5.41 Å². The van der Waals surface area contributed by atoms with Crippen LogP contribution < -0.4 is 0 Å². The first kappa shape index (κ1) is 9.77. The van der Waals surface area contributed by atoms with E-state index in [1.807, 2.05) is 0 Å². The zero-order valence-electron chi connectivity index (χ0n) is 6.73. The van der Waals surface area contributed by atoms with Gasteiger partial charge in [-0.3, -0.25) is 0 Å². The largest absolute Gasteiger partial charge is 0.416 e. The Hall–Kier alpha value is -1.32. The molecule has 4 heteroatoms. The molecule has 1 nitrogen and oxygen atoms in total. The third kappa shape index (κ3) is 2.31. The van der Waals surface area contributed by atoms with E-state index in [0.29, 0.717) is 0 Å². The Morgan fingerprint density at radius 2 is 1.85 bits per heavy atom. The third-order valence-electron chi connectivity index (χ3n) is 1.64. The molecule has 0 aliphatic carbocycles. The summed E-state index contributed by atoms with van der Waals surface area (Å²) >= 11 is 0. The second-order valence-corrected chi connectivity index (χ2v) is 2.56. The maximum absolute atomic E-state index is 12.3. The van der Waals surface area contributed by atoms with Gasteiger partial charge >= 0.3 is 6.18 Å². The second-order valence-electron chi connectivity index (χ2n) is 2.56. The predicted octanol–water partition coefficient (Wildman–Crippen LogP) is 2.90. The summed E-state index contributed by atoms with van der Waals surface area (Å²) in [5, 5.41) is 6.75. The maximum atomic E-state index is 12.3. The Balaban J connectivity index is 3.11. The molecule has 13 heavy (non-hydrogen) atoms. The second kappa shape index (κ2) is 3.60.